The summed E-state index contributed by atoms with van der Waals surface area (Å²) >= 11 is 0. The molecule has 0 amide bonds. The molecule has 4 heteroatoms. The van der Waals surface area contributed by atoms with E-state index in [1.165, 1.54) is 12.8 Å². The highest BCUT2D eigenvalue weighted by Gasteiger charge is 2.33. The van der Waals surface area contributed by atoms with E-state index >= 15 is 0 Å². The monoisotopic (exact) mass is 200 g/mol. The zero-order valence-electron chi connectivity index (χ0n) is 8.94. The number of likely N-dealkylation sites (N-methyl/N-ethyl adjacent to an activating group) is 1. The molecule has 1 aliphatic rings. The Bertz CT molecular complexity index is 204. The van der Waals surface area contributed by atoms with Crippen LogP contribution >= 0.6 is 0 Å². The summed E-state index contributed by atoms with van der Waals surface area (Å²) in [5, 5.41) is 8.78. The molecule has 0 aromatic rings. The van der Waals surface area contributed by atoms with Crippen molar-refractivity contribution in [1.29, 1.82) is 0 Å². The molecular formula is C10H20N2O2. The van der Waals surface area contributed by atoms with Crippen molar-refractivity contribution < 1.29 is 9.90 Å². The predicted molar refractivity (Wildman–Crippen MR) is 55.0 cm³/mol. The van der Waals surface area contributed by atoms with Crippen LogP contribution in [0, 0.1) is 11.8 Å². The van der Waals surface area contributed by atoms with Gasteiger partial charge in [-0.05, 0) is 25.8 Å². The van der Waals surface area contributed by atoms with Gasteiger partial charge in [-0.1, -0.05) is 6.92 Å². The molecule has 0 radical (unpaired) electrons. The van der Waals surface area contributed by atoms with Crippen LogP contribution in [0.15, 0.2) is 0 Å². The fraction of sp³-hybridized carbons (Fsp3) is 0.900. The normalized spacial score (nSPS) is 20.9. The highest BCUT2D eigenvalue weighted by molar-refractivity contribution is 5.69. The molecule has 4 nitrogen and oxygen atoms in total. The summed E-state index contributed by atoms with van der Waals surface area (Å²) in [4.78, 5) is 12.8. The van der Waals surface area contributed by atoms with E-state index in [-0.39, 0.29) is 5.92 Å². The summed E-state index contributed by atoms with van der Waals surface area (Å²) in [6, 6.07) is 0.372. The third kappa shape index (κ3) is 2.96. The van der Waals surface area contributed by atoms with E-state index in [2.05, 4.69) is 4.90 Å². The topological polar surface area (TPSA) is 66.6 Å². The molecule has 1 aliphatic carbocycles. The van der Waals surface area contributed by atoms with E-state index in [0.717, 1.165) is 0 Å². The third-order valence-electron chi connectivity index (χ3n) is 2.96. The van der Waals surface area contributed by atoms with Crippen molar-refractivity contribution >= 4 is 5.97 Å². The number of carboxylic acids is 1. The minimum Gasteiger partial charge on any atom is -0.481 e. The molecular weight excluding hydrogens is 180 g/mol. The lowest BCUT2D eigenvalue weighted by molar-refractivity contribution is -0.141. The van der Waals surface area contributed by atoms with Gasteiger partial charge in [0.25, 0.3) is 0 Å². The minimum absolute atomic E-state index is 0.312. The number of carboxylic acid groups (broad SMARTS) is 1. The molecule has 2 unspecified atom stereocenters. The van der Waals surface area contributed by atoms with E-state index in [9.17, 15) is 4.79 Å². The van der Waals surface area contributed by atoms with Gasteiger partial charge in [0, 0.05) is 19.1 Å². The molecule has 0 aromatic carbocycles. The largest absolute Gasteiger partial charge is 0.481 e. The molecule has 0 bridgehead atoms. The van der Waals surface area contributed by atoms with Crippen LogP contribution in [0.3, 0.4) is 0 Å². The molecule has 0 aliphatic heterocycles. The lowest BCUT2D eigenvalue weighted by Crippen LogP contribution is -2.42. The highest BCUT2D eigenvalue weighted by Crippen LogP contribution is 2.34. The van der Waals surface area contributed by atoms with Gasteiger partial charge in [0.1, 0.15) is 0 Å². The molecule has 1 saturated carbocycles. The average Bonchev–Trinajstić information content (AvgIpc) is 2.89. The van der Waals surface area contributed by atoms with Crippen LogP contribution in [0.5, 0.6) is 0 Å². The number of nitrogens with zero attached hydrogens (tertiary/aromatic N) is 1. The molecule has 3 N–H and O–H groups in total. The number of nitrogens with two attached hydrogens (primary N) is 1. The maximum Gasteiger partial charge on any atom is 0.307 e. The predicted octanol–water partition coefficient (Wildman–Crippen LogP) is 0.376. The molecule has 0 spiro atoms. The van der Waals surface area contributed by atoms with Crippen LogP contribution in [0.25, 0.3) is 0 Å². The van der Waals surface area contributed by atoms with Crippen LogP contribution in [0.1, 0.15) is 19.8 Å². The second kappa shape index (κ2) is 4.75. The summed E-state index contributed by atoms with van der Waals surface area (Å²) in [5.41, 5.74) is 5.68. The first-order chi connectivity index (χ1) is 6.56. The van der Waals surface area contributed by atoms with E-state index in [4.69, 9.17) is 10.8 Å². The first-order valence-electron chi connectivity index (χ1n) is 5.19. The Hall–Kier alpha value is -0.610. The molecule has 0 aromatic heterocycles. The Kier molecular flexibility index (Phi) is 3.89. The first kappa shape index (κ1) is 11.5. The van der Waals surface area contributed by atoms with Crippen LogP contribution in [-0.4, -0.2) is 42.2 Å². The average molecular weight is 200 g/mol. The molecule has 1 rings (SSSR count). The molecule has 2 atom stereocenters. The van der Waals surface area contributed by atoms with Crippen molar-refractivity contribution in [1.82, 2.24) is 4.90 Å². The van der Waals surface area contributed by atoms with Crippen LogP contribution in [0.2, 0.25) is 0 Å². The van der Waals surface area contributed by atoms with Gasteiger partial charge in [-0.15, -0.1) is 0 Å². The summed E-state index contributed by atoms with van der Waals surface area (Å²) in [7, 11) is 1.97. The minimum atomic E-state index is -0.733. The number of hydrogen-bond donors (Lipinski definition) is 2. The van der Waals surface area contributed by atoms with E-state index in [1.54, 1.807) is 6.92 Å². The summed E-state index contributed by atoms with van der Waals surface area (Å²) < 4.78 is 0. The molecule has 0 heterocycles. The maximum absolute atomic E-state index is 10.7. The van der Waals surface area contributed by atoms with Crippen molar-refractivity contribution in [3.05, 3.63) is 0 Å². The smallest absolute Gasteiger partial charge is 0.307 e. The second-order valence-electron chi connectivity index (χ2n) is 4.32. The number of hydrogen-bond acceptors (Lipinski definition) is 3. The maximum atomic E-state index is 10.7. The van der Waals surface area contributed by atoms with Gasteiger partial charge in [-0.3, -0.25) is 4.79 Å². The van der Waals surface area contributed by atoms with Crippen molar-refractivity contribution in [2.24, 2.45) is 17.6 Å². The molecule has 0 saturated heterocycles. The second-order valence-corrected chi connectivity index (χ2v) is 4.32. The fourth-order valence-electron chi connectivity index (χ4n) is 1.86. The van der Waals surface area contributed by atoms with Crippen molar-refractivity contribution in [3.63, 3.8) is 0 Å². The summed E-state index contributed by atoms with van der Waals surface area (Å²) in [6.07, 6.45) is 2.49. The lowest BCUT2D eigenvalue weighted by Gasteiger charge is -2.28. The van der Waals surface area contributed by atoms with Crippen molar-refractivity contribution in [2.75, 3.05) is 20.1 Å². The number of carbonyl (C=O) groups is 1. The van der Waals surface area contributed by atoms with Gasteiger partial charge in [0.2, 0.25) is 0 Å². The number of aliphatic carboxylic acids is 1. The number of rotatable bonds is 6. The molecule has 14 heavy (non-hydrogen) atoms. The Morgan fingerprint density at radius 2 is 2.21 bits per heavy atom. The summed E-state index contributed by atoms with van der Waals surface area (Å²) in [5.74, 6) is -0.345. The van der Waals surface area contributed by atoms with Gasteiger partial charge in [0.15, 0.2) is 0 Å². The van der Waals surface area contributed by atoms with Crippen LogP contribution < -0.4 is 5.73 Å². The van der Waals surface area contributed by atoms with Crippen LogP contribution in [0.4, 0.5) is 0 Å². The quantitative estimate of drug-likeness (QED) is 0.650. The third-order valence-corrected chi connectivity index (χ3v) is 2.96. The van der Waals surface area contributed by atoms with Gasteiger partial charge < -0.3 is 15.7 Å². The Labute approximate surface area is 85.1 Å². The Balaban J connectivity index is 2.38. The van der Waals surface area contributed by atoms with Crippen molar-refractivity contribution in [2.45, 2.75) is 25.8 Å². The Morgan fingerprint density at radius 1 is 1.64 bits per heavy atom. The van der Waals surface area contributed by atoms with E-state index < -0.39 is 5.97 Å². The Morgan fingerprint density at radius 3 is 2.57 bits per heavy atom. The standard InChI is InChI=1S/C10H20N2O2/c1-7(10(13)14)6-12(2)9(5-11)8-3-4-8/h7-9H,3-6,11H2,1-2H3,(H,13,14). The molecule has 82 valence electrons. The van der Waals surface area contributed by atoms with Gasteiger partial charge in [-0.2, -0.15) is 0 Å². The SMILES string of the molecule is CC(CN(C)C(CN)C1CC1)C(=O)O. The van der Waals surface area contributed by atoms with Crippen LogP contribution in [-0.2, 0) is 4.79 Å². The summed E-state index contributed by atoms with van der Waals surface area (Å²) in [6.45, 7) is 2.96. The van der Waals surface area contributed by atoms with Gasteiger partial charge in [-0.25, -0.2) is 0 Å². The van der Waals surface area contributed by atoms with Crippen molar-refractivity contribution in [3.8, 4) is 0 Å². The van der Waals surface area contributed by atoms with E-state index in [0.29, 0.717) is 25.0 Å². The zero-order chi connectivity index (χ0) is 10.7. The zero-order valence-corrected chi connectivity index (χ0v) is 8.94. The van der Waals surface area contributed by atoms with Gasteiger partial charge >= 0.3 is 5.97 Å². The fourth-order valence-corrected chi connectivity index (χ4v) is 1.86. The molecule has 1 fully saturated rings. The highest BCUT2D eigenvalue weighted by atomic mass is 16.4. The van der Waals surface area contributed by atoms with Gasteiger partial charge in [0.05, 0.1) is 5.92 Å². The van der Waals surface area contributed by atoms with E-state index in [1.807, 2.05) is 7.05 Å². The lowest BCUT2D eigenvalue weighted by atomic mass is 10.1. The first-order valence-corrected chi connectivity index (χ1v) is 5.19.